The van der Waals surface area contributed by atoms with Gasteiger partial charge in [0.25, 0.3) is 0 Å². The van der Waals surface area contributed by atoms with E-state index in [1.165, 1.54) is 4.90 Å². The Morgan fingerprint density at radius 2 is 1.94 bits per heavy atom. The summed E-state index contributed by atoms with van der Waals surface area (Å²) >= 11 is 0. The molecule has 0 fully saturated rings. The molecule has 1 atom stereocenters. The SMILES string of the molecule is CC(C)C[C@H](CNC(=O)N(C)CCO)CC(=O)O. The van der Waals surface area contributed by atoms with Gasteiger partial charge >= 0.3 is 12.0 Å². The van der Waals surface area contributed by atoms with E-state index in [2.05, 4.69) is 5.32 Å². The fourth-order valence-electron chi connectivity index (χ4n) is 1.77. The van der Waals surface area contributed by atoms with E-state index in [1.54, 1.807) is 7.05 Å². The first-order valence-electron chi connectivity index (χ1n) is 6.18. The topological polar surface area (TPSA) is 89.9 Å². The molecule has 6 heteroatoms. The number of aliphatic hydroxyl groups is 1. The van der Waals surface area contributed by atoms with Crippen LogP contribution >= 0.6 is 0 Å². The summed E-state index contributed by atoms with van der Waals surface area (Å²) in [4.78, 5) is 23.6. The Labute approximate surface area is 108 Å². The van der Waals surface area contributed by atoms with Crippen LogP contribution in [0.25, 0.3) is 0 Å². The summed E-state index contributed by atoms with van der Waals surface area (Å²) in [5.41, 5.74) is 0. The quantitative estimate of drug-likeness (QED) is 0.601. The summed E-state index contributed by atoms with van der Waals surface area (Å²) < 4.78 is 0. The van der Waals surface area contributed by atoms with Gasteiger partial charge in [-0.1, -0.05) is 13.8 Å². The number of likely N-dealkylation sites (N-methyl/N-ethyl adjacent to an activating group) is 1. The number of carboxylic acids is 1. The van der Waals surface area contributed by atoms with E-state index < -0.39 is 5.97 Å². The average Bonchev–Trinajstić information content (AvgIpc) is 2.24. The molecule has 0 aliphatic rings. The first-order valence-corrected chi connectivity index (χ1v) is 6.18. The van der Waals surface area contributed by atoms with Crippen molar-refractivity contribution in [1.29, 1.82) is 0 Å². The Kier molecular flexibility index (Phi) is 8.11. The van der Waals surface area contributed by atoms with Crippen LogP contribution in [0.2, 0.25) is 0 Å². The molecule has 0 aromatic carbocycles. The molecule has 0 radical (unpaired) electrons. The predicted molar refractivity (Wildman–Crippen MR) is 68.3 cm³/mol. The lowest BCUT2D eigenvalue weighted by Gasteiger charge is -2.21. The van der Waals surface area contributed by atoms with Gasteiger partial charge in [-0.15, -0.1) is 0 Å². The highest BCUT2D eigenvalue weighted by Crippen LogP contribution is 2.14. The maximum Gasteiger partial charge on any atom is 0.317 e. The van der Waals surface area contributed by atoms with Gasteiger partial charge in [-0.25, -0.2) is 4.79 Å². The third-order valence-electron chi connectivity index (χ3n) is 2.59. The normalized spacial score (nSPS) is 12.3. The number of aliphatic carboxylic acids is 1. The van der Waals surface area contributed by atoms with E-state index in [-0.39, 0.29) is 31.5 Å². The standard InChI is InChI=1S/C12H24N2O4/c1-9(2)6-10(7-11(16)17)8-13-12(18)14(3)4-5-15/h9-10,15H,4-8H2,1-3H3,(H,13,18)(H,16,17)/t10-/m0/s1. The van der Waals surface area contributed by atoms with Crippen molar-refractivity contribution < 1.29 is 19.8 Å². The van der Waals surface area contributed by atoms with Crippen molar-refractivity contribution in [2.24, 2.45) is 11.8 Å². The predicted octanol–water partition coefficient (Wildman–Crippen LogP) is 0.757. The van der Waals surface area contributed by atoms with Crippen LogP contribution in [0.5, 0.6) is 0 Å². The summed E-state index contributed by atoms with van der Waals surface area (Å²) in [5, 5.41) is 20.2. The molecule has 0 spiro atoms. The van der Waals surface area contributed by atoms with E-state index in [9.17, 15) is 9.59 Å². The molecule has 106 valence electrons. The van der Waals surface area contributed by atoms with Gasteiger partial charge in [0, 0.05) is 26.6 Å². The van der Waals surface area contributed by atoms with Gasteiger partial charge in [0.2, 0.25) is 0 Å². The molecule has 18 heavy (non-hydrogen) atoms. The monoisotopic (exact) mass is 260 g/mol. The molecule has 2 amide bonds. The zero-order valence-corrected chi connectivity index (χ0v) is 11.3. The van der Waals surface area contributed by atoms with Crippen LogP contribution in [0.1, 0.15) is 26.7 Å². The molecule has 0 saturated carbocycles. The molecule has 0 heterocycles. The number of carbonyl (C=O) groups excluding carboxylic acids is 1. The molecular formula is C12H24N2O4. The first kappa shape index (κ1) is 16.7. The number of urea groups is 1. The van der Waals surface area contributed by atoms with Crippen LogP contribution in [-0.4, -0.2) is 53.9 Å². The number of hydrogen-bond acceptors (Lipinski definition) is 3. The van der Waals surface area contributed by atoms with Crippen molar-refractivity contribution in [2.45, 2.75) is 26.7 Å². The Morgan fingerprint density at radius 1 is 1.33 bits per heavy atom. The highest BCUT2D eigenvalue weighted by Gasteiger charge is 2.17. The molecule has 0 aliphatic carbocycles. The lowest BCUT2D eigenvalue weighted by molar-refractivity contribution is -0.138. The van der Waals surface area contributed by atoms with Crippen molar-refractivity contribution in [1.82, 2.24) is 10.2 Å². The molecular weight excluding hydrogens is 236 g/mol. The summed E-state index contributed by atoms with van der Waals surface area (Å²) in [6.07, 6.45) is 0.818. The van der Waals surface area contributed by atoms with Crippen molar-refractivity contribution in [3.8, 4) is 0 Å². The number of carbonyl (C=O) groups is 2. The van der Waals surface area contributed by atoms with E-state index in [1.807, 2.05) is 13.8 Å². The summed E-state index contributed by atoms with van der Waals surface area (Å²) in [6.45, 7) is 4.57. The van der Waals surface area contributed by atoms with E-state index >= 15 is 0 Å². The Bertz CT molecular complexity index is 269. The highest BCUT2D eigenvalue weighted by molar-refractivity contribution is 5.74. The van der Waals surface area contributed by atoms with E-state index in [0.717, 1.165) is 6.42 Å². The minimum absolute atomic E-state index is 0.0577. The van der Waals surface area contributed by atoms with Crippen LogP contribution in [0.4, 0.5) is 4.79 Å². The van der Waals surface area contributed by atoms with Crippen LogP contribution < -0.4 is 5.32 Å². The van der Waals surface area contributed by atoms with Crippen molar-refractivity contribution in [3.05, 3.63) is 0 Å². The molecule has 0 unspecified atom stereocenters. The Hall–Kier alpha value is -1.30. The molecule has 0 aromatic heterocycles. The van der Waals surface area contributed by atoms with Gasteiger partial charge in [-0.05, 0) is 18.3 Å². The number of nitrogens with one attached hydrogen (secondary N) is 1. The smallest absolute Gasteiger partial charge is 0.317 e. The number of amides is 2. The Morgan fingerprint density at radius 3 is 2.39 bits per heavy atom. The van der Waals surface area contributed by atoms with Gasteiger partial charge in [0.05, 0.1) is 6.61 Å². The second kappa shape index (κ2) is 8.74. The molecule has 0 aromatic rings. The summed E-state index contributed by atoms with van der Waals surface area (Å²) in [7, 11) is 1.58. The van der Waals surface area contributed by atoms with Crippen LogP contribution in [0, 0.1) is 11.8 Å². The zero-order valence-electron chi connectivity index (χ0n) is 11.3. The molecule has 0 aliphatic heterocycles. The number of carboxylic acid groups (broad SMARTS) is 1. The van der Waals surface area contributed by atoms with Crippen molar-refractivity contribution in [2.75, 3.05) is 26.7 Å². The van der Waals surface area contributed by atoms with Crippen LogP contribution in [0.15, 0.2) is 0 Å². The molecule has 6 nitrogen and oxygen atoms in total. The largest absolute Gasteiger partial charge is 0.481 e. The molecule has 0 saturated heterocycles. The fourth-order valence-corrected chi connectivity index (χ4v) is 1.77. The second-order valence-corrected chi connectivity index (χ2v) is 4.92. The number of hydrogen-bond donors (Lipinski definition) is 3. The molecule has 3 N–H and O–H groups in total. The molecule has 0 bridgehead atoms. The van der Waals surface area contributed by atoms with Gasteiger partial charge in [-0.2, -0.15) is 0 Å². The summed E-state index contributed by atoms with van der Waals surface area (Å²) in [6, 6.07) is -0.289. The van der Waals surface area contributed by atoms with E-state index in [4.69, 9.17) is 10.2 Å². The molecule has 0 rings (SSSR count). The number of aliphatic hydroxyl groups excluding tert-OH is 1. The maximum absolute atomic E-state index is 11.6. The average molecular weight is 260 g/mol. The highest BCUT2D eigenvalue weighted by atomic mass is 16.4. The minimum atomic E-state index is -0.849. The van der Waals surface area contributed by atoms with E-state index in [0.29, 0.717) is 12.5 Å². The Balaban J connectivity index is 4.16. The first-order chi connectivity index (χ1) is 8.36. The minimum Gasteiger partial charge on any atom is -0.481 e. The lowest BCUT2D eigenvalue weighted by Crippen LogP contribution is -2.41. The van der Waals surface area contributed by atoms with Gasteiger partial charge < -0.3 is 20.4 Å². The second-order valence-electron chi connectivity index (χ2n) is 4.92. The van der Waals surface area contributed by atoms with Gasteiger partial charge in [0.1, 0.15) is 0 Å². The number of rotatable bonds is 8. The summed E-state index contributed by atoms with van der Waals surface area (Å²) in [5.74, 6) is -0.519. The van der Waals surface area contributed by atoms with Crippen molar-refractivity contribution >= 4 is 12.0 Å². The zero-order chi connectivity index (χ0) is 14.1. The third-order valence-corrected chi connectivity index (χ3v) is 2.59. The lowest BCUT2D eigenvalue weighted by atomic mass is 9.94. The maximum atomic E-state index is 11.6. The fraction of sp³-hybridized carbons (Fsp3) is 0.833. The third kappa shape index (κ3) is 7.89. The van der Waals surface area contributed by atoms with Gasteiger partial charge in [0.15, 0.2) is 0 Å². The van der Waals surface area contributed by atoms with Crippen LogP contribution in [0.3, 0.4) is 0 Å². The number of nitrogens with zero attached hydrogens (tertiary/aromatic N) is 1. The van der Waals surface area contributed by atoms with Gasteiger partial charge in [-0.3, -0.25) is 4.79 Å². The van der Waals surface area contributed by atoms with Crippen molar-refractivity contribution in [3.63, 3.8) is 0 Å². The van der Waals surface area contributed by atoms with Crippen LogP contribution in [-0.2, 0) is 4.79 Å².